The molecule has 29 heavy (non-hydrogen) atoms. The average molecular weight is 409 g/mol. The molecule has 0 aliphatic carbocycles. The fourth-order valence-electron chi connectivity index (χ4n) is 2.83. The standard InChI is InChI=1S/C22H36N2O5/c1-5-7-8-13-24(22(27)23-17(3)4)14-15-29-19-11-9-18(10-12-19)16-20(21(25)26)28-6-2/h9-12,17,20H,5-8,13-16H2,1-4H3,(H,23,27)(H,25,26). The monoisotopic (exact) mass is 408 g/mol. The third kappa shape index (κ3) is 10.2. The lowest BCUT2D eigenvalue weighted by atomic mass is 10.1. The summed E-state index contributed by atoms with van der Waals surface area (Å²) in [5.41, 5.74) is 0.871. The Morgan fingerprint density at radius 3 is 2.34 bits per heavy atom. The summed E-state index contributed by atoms with van der Waals surface area (Å²) < 4.78 is 11.0. The van der Waals surface area contributed by atoms with Crippen LogP contribution in [0.4, 0.5) is 4.79 Å². The van der Waals surface area contributed by atoms with Crippen molar-refractivity contribution in [2.75, 3.05) is 26.3 Å². The number of carboxylic acid groups (broad SMARTS) is 1. The van der Waals surface area contributed by atoms with Gasteiger partial charge in [-0.25, -0.2) is 9.59 Å². The van der Waals surface area contributed by atoms with E-state index in [9.17, 15) is 14.7 Å². The number of benzene rings is 1. The third-order valence-corrected chi connectivity index (χ3v) is 4.35. The van der Waals surface area contributed by atoms with Crippen molar-refractivity contribution in [1.82, 2.24) is 10.2 Å². The van der Waals surface area contributed by atoms with Crippen LogP contribution < -0.4 is 10.1 Å². The summed E-state index contributed by atoms with van der Waals surface area (Å²) in [6.07, 6.45) is 2.63. The Balaban J connectivity index is 2.54. The molecule has 1 rings (SSSR count). The number of carbonyl (C=O) groups is 2. The van der Waals surface area contributed by atoms with E-state index in [0.717, 1.165) is 24.8 Å². The van der Waals surface area contributed by atoms with Crippen LogP contribution in [0.3, 0.4) is 0 Å². The molecule has 2 amide bonds. The van der Waals surface area contributed by atoms with Crippen LogP contribution in [0.2, 0.25) is 0 Å². The Labute approximate surface area is 174 Å². The molecule has 1 aromatic carbocycles. The van der Waals surface area contributed by atoms with E-state index in [-0.39, 0.29) is 12.1 Å². The second-order valence-electron chi connectivity index (χ2n) is 7.28. The van der Waals surface area contributed by atoms with E-state index in [1.165, 1.54) is 0 Å². The summed E-state index contributed by atoms with van der Waals surface area (Å²) in [5, 5.41) is 12.1. The molecule has 1 aromatic rings. The number of rotatable bonds is 14. The first-order valence-corrected chi connectivity index (χ1v) is 10.5. The maximum absolute atomic E-state index is 12.3. The second-order valence-corrected chi connectivity index (χ2v) is 7.28. The molecule has 0 heterocycles. The molecule has 0 aliphatic rings. The van der Waals surface area contributed by atoms with Gasteiger partial charge in [0.25, 0.3) is 0 Å². The summed E-state index contributed by atoms with van der Waals surface area (Å²) in [4.78, 5) is 25.3. The maximum Gasteiger partial charge on any atom is 0.333 e. The van der Waals surface area contributed by atoms with Gasteiger partial charge in [0, 0.05) is 25.6 Å². The molecule has 7 heteroatoms. The van der Waals surface area contributed by atoms with Gasteiger partial charge < -0.3 is 24.8 Å². The number of ether oxygens (including phenoxy) is 2. The van der Waals surface area contributed by atoms with Gasteiger partial charge in [0.2, 0.25) is 0 Å². The Bertz CT molecular complexity index is 604. The number of unbranched alkanes of at least 4 members (excludes halogenated alkanes) is 2. The molecule has 0 radical (unpaired) electrons. The van der Waals surface area contributed by atoms with Gasteiger partial charge in [0.1, 0.15) is 12.4 Å². The van der Waals surface area contributed by atoms with E-state index in [0.29, 0.717) is 38.5 Å². The Hall–Kier alpha value is -2.28. The van der Waals surface area contributed by atoms with Crippen LogP contribution in [0.25, 0.3) is 0 Å². The number of aliphatic carboxylic acids is 1. The number of carbonyl (C=O) groups excluding carboxylic acids is 1. The van der Waals surface area contributed by atoms with Crippen LogP contribution in [0.1, 0.15) is 52.5 Å². The molecule has 0 bridgehead atoms. The highest BCUT2D eigenvalue weighted by Gasteiger charge is 2.18. The van der Waals surface area contributed by atoms with Gasteiger partial charge in [-0.15, -0.1) is 0 Å². The van der Waals surface area contributed by atoms with Gasteiger partial charge in [-0.2, -0.15) is 0 Å². The summed E-state index contributed by atoms with van der Waals surface area (Å²) >= 11 is 0. The molecule has 0 saturated heterocycles. The summed E-state index contributed by atoms with van der Waals surface area (Å²) in [6.45, 7) is 9.78. The number of amides is 2. The van der Waals surface area contributed by atoms with Crippen LogP contribution in [-0.2, 0) is 16.0 Å². The minimum atomic E-state index is -0.963. The number of nitrogens with one attached hydrogen (secondary N) is 1. The SMILES string of the molecule is CCCCCN(CCOc1ccc(CC(OCC)C(=O)O)cc1)C(=O)NC(C)C. The Kier molecular flexibility index (Phi) is 11.8. The minimum Gasteiger partial charge on any atom is -0.492 e. The number of hydrogen-bond donors (Lipinski definition) is 2. The zero-order valence-corrected chi connectivity index (χ0v) is 18.1. The highest BCUT2D eigenvalue weighted by Crippen LogP contribution is 2.15. The Morgan fingerprint density at radius 2 is 1.79 bits per heavy atom. The molecule has 2 N–H and O–H groups in total. The van der Waals surface area contributed by atoms with Crippen molar-refractivity contribution in [2.24, 2.45) is 0 Å². The predicted molar refractivity (Wildman–Crippen MR) is 113 cm³/mol. The van der Waals surface area contributed by atoms with E-state index in [2.05, 4.69) is 12.2 Å². The van der Waals surface area contributed by atoms with Crippen molar-refractivity contribution in [3.8, 4) is 5.75 Å². The van der Waals surface area contributed by atoms with Gasteiger partial charge in [0.05, 0.1) is 6.54 Å². The van der Waals surface area contributed by atoms with Crippen LogP contribution in [0.15, 0.2) is 24.3 Å². The van der Waals surface area contributed by atoms with Gasteiger partial charge >= 0.3 is 12.0 Å². The Morgan fingerprint density at radius 1 is 1.10 bits per heavy atom. The zero-order valence-electron chi connectivity index (χ0n) is 18.1. The highest BCUT2D eigenvalue weighted by atomic mass is 16.5. The lowest BCUT2D eigenvalue weighted by Crippen LogP contribution is -2.45. The number of urea groups is 1. The quantitative estimate of drug-likeness (QED) is 0.458. The normalized spacial score (nSPS) is 11.9. The van der Waals surface area contributed by atoms with Crippen molar-refractivity contribution in [3.05, 3.63) is 29.8 Å². The zero-order chi connectivity index (χ0) is 21.6. The molecule has 0 fully saturated rings. The summed E-state index contributed by atoms with van der Waals surface area (Å²) in [5.74, 6) is -0.273. The molecule has 164 valence electrons. The fourth-order valence-corrected chi connectivity index (χ4v) is 2.83. The average Bonchev–Trinajstić information content (AvgIpc) is 2.67. The third-order valence-electron chi connectivity index (χ3n) is 4.35. The second kappa shape index (κ2) is 13.8. The minimum absolute atomic E-state index is 0.0642. The van der Waals surface area contributed by atoms with Crippen LogP contribution in [0.5, 0.6) is 5.75 Å². The van der Waals surface area contributed by atoms with Crippen LogP contribution in [0, 0.1) is 0 Å². The van der Waals surface area contributed by atoms with E-state index < -0.39 is 12.1 Å². The van der Waals surface area contributed by atoms with Crippen molar-refractivity contribution >= 4 is 12.0 Å². The smallest absolute Gasteiger partial charge is 0.333 e. The fraction of sp³-hybridized carbons (Fsp3) is 0.636. The largest absolute Gasteiger partial charge is 0.492 e. The van der Waals surface area contributed by atoms with Gasteiger partial charge in [-0.05, 0) is 44.9 Å². The number of hydrogen-bond acceptors (Lipinski definition) is 4. The van der Waals surface area contributed by atoms with Gasteiger partial charge in [-0.3, -0.25) is 0 Å². The van der Waals surface area contributed by atoms with E-state index in [4.69, 9.17) is 9.47 Å². The molecular weight excluding hydrogens is 372 g/mol. The highest BCUT2D eigenvalue weighted by molar-refractivity contribution is 5.74. The van der Waals surface area contributed by atoms with Crippen molar-refractivity contribution < 1.29 is 24.2 Å². The van der Waals surface area contributed by atoms with Gasteiger partial charge in [0.15, 0.2) is 6.10 Å². The van der Waals surface area contributed by atoms with Gasteiger partial charge in [-0.1, -0.05) is 31.9 Å². The lowest BCUT2D eigenvalue weighted by Gasteiger charge is -2.24. The maximum atomic E-state index is 12.3. The predicted octanol–water partition coefficient (Wildman–Crippen LogP) is 3.71. The van der Waals surface area contributed by atoms with Crippen molar-refractivity contribution in [2.45, 2.75) is 65.5 Å². The molecule has 0 saturated carbocycles. The molecule has 7 nitrogen and oxygen atoms in total. The first-order valence-electron chi connectivity index (χ1n) is 10.5. The topological polar surface area (TPSA) is 88.1 Å². The molecule has 1 atom stereocenters. The molecule has 0 aliphatic heterocycles. The van der Waals surface area contributed by atoms with Crippen LogP contribution >= 0.6 is 0 Å². The van der Waals surface area contributed by atoms with Crippen LogP contribution in [-0.4, -0.2) is 60.5 Å². The van der Waals surface area contributed by atoms with Crippen molar-refractivity contribution in [1.29, 1.82) is 0 Å². The summed E-state index contributed by atoms with van der Waals surface area (Å²) in [7, 11) is 0. The molecule has 0 spiro atoms. The molecule has 0 aromatic heterocycles. The first kappa shape index (κ1) is 24.8. The van der Waals surface area contributed by atoms with E-state index in [1.54, 1.807) is 11.8 Å². The van der Waals surface area contributed by atoms with Crippen molar-refractivity contribution in [3.63, 3.8) is 0 Å². The number of carboxylic acids is 1. The summed E-state index contributed by atoms with van der Waals surface area (Å²) in [6, 6.07) is 7.34. The molecular formula is C22H36N2O5. The molecule has 1 unspecified atom stereocenters. The first-order chi connectivity index (χ1) is 13.9. The van der Waals surface area contributed by atoms with E-state index >= 15 is 0 Å². The van der Waals surface area contributed by atoms with E-state index in [1.807, 2.05) is 38.1 Å². The number of nitrogens with zero attached hydrogens (tertiary/aromatic N) is 1. The lowest BCUT2D eigenvalue weighted by molar-refractivity contribution is -0.149.